The smallest absolute Gasteiger partial charge is 0.236 e. The number of aryl methyl sites for hydroxylation is 1. The SMILES string of the molecule is Cc1nsc(NC(=O)CSC(C)c2nc3ccccc3[nH]2)n1. The number of aromatic amines is 1. The van der Waals surface area contributed by atoms with Crippen molar-refractivity contribution in [3.63, 3.8) is 0 Å². The van der Waals surface area contributed by atoms with Crippen molar-refractivity contribution >= 4 is 45.4 Å². The fourth-order valence-electron chi connectivity index (χ4n) is 1.95. The number of thioether (sulfide) groups is 1. The van der Waals surface area contributed by atoms with Gasteiger partial charge >= 0.3 is 0 Å². The molecule has 1 amide bonds. The molecule has 0 bridgehead atoms. The second-order valence-electron chi connectivity index (χ2n) is 4.79. The van der Waals surface area contributed by atoms with Gasteiger partial charge in [0.2, 0.25) is 11.0 Å². The lowest BCUT2D eigenvalue weighted by atomic mass is 10.3. The molecular formula is C14H15N5OS2. The monoisotopic (exact) mass is 333 g/mol. The first-order chi connectivity index (χ1) is 10.6. The van der Waals surface area contributed by atoms with Crippen LogP contribution in [-0.4, -0.2) is 31.0 Å². The molecule has 0 aliphatic rings. The maximum Gasteiger partial charge on any atom is 0.236 e. The van der Waals surface area contributed by atoms with Crippen LogP contribution in [0.5, 0.6) is 0 Å². The summed E-state index contributed by atoms with van der Waals surface area (Å²) in [6.45, 7) is 3.83. The third-order valence-electron chi connectivity index (χ3n) is 3.03. The Kier molecular flexibility index (Phi) is 4.39. The first kappa shape index (κ1) is 15.0. The number of carbonyl (C=O) groups is 1. The van der Waals surface area contributed by atoms with Crippen molar-refractivity contribution in [3.05, 3.63) is 35.9 Å². The molecule has 3 rings (SSSR count). The van der Waals surface area contributed by atoms with Gasteiger partial charge in [-0.25, -0.2) is 9.97 Å². The Balaban J connectivity index is 1.57. The number of hydrogen-bond donors (Lipinski definition) is 2. The van der Waals surface area contributed by atoms with Crippen LogP contribution in [0.2, 0.25) is 0 Å². The van der Waals surface area contributed by atoms with E-state index >= 15 is 0 Å². The summed E-state index contributed by atoms with van der Waals surface area (Å²) in [7, 11) is 0. The van der Waals surface area contributed by atoms with Gasteiger partial charge in [-0.05, 0) is 26.0 Å². The van der Waals surface area contributed by atoms with Crippen LogP contribution in [0.15, 0.2) is 24.3 Å². The molecule has 0 fully saturated rings. The normalized spacial score (nSPS) is 12.5. The van der Waals surface area contributed by atoms with Gasteiger partial charge in [0.15, 0.2) is 0 Å². The molecule has 0 saturated carbocycles. The molecule has 1 atom stereocenters. The van der Waals surface area contributed by atoms with E-state index in [1.165, 1.54) is 23.3 Å². The van der Waals surface area contributed by atoms with Crippen LogP contribution in [0, 0.1) is 6.92 Å². The predicted molar refractivity (Wildman–Crippen MR) is 90.2 cm³/mol. The summed E-state index contributed by atoms with van der Waals surface area (Å²) in [5, 5.41) is 3.40. The van der Waals surface area contributed by atoms with Crippen molar-refractivity contribution in [3.8, 4) is 0 Å². The van der Waals surface area contributed by atoms with Crippen LogP contribution < -0.4 is 5.32 Å². The first-order valence-electron chi connectivity index (χ1n) is 6.78. The van der Waals surface area contributed by atoms with E-state index in [0.29, 0.717) is 16.7 Å². The zero-order chi connectivity index (χ0) is 15.5. The lowest BCUT2D eigenvalue weighted by Gasteiger charge is -2.07. The second-order valence-corrected chi connectivity index (χ2v) is 6.87. The molecule has 2 aromatic heterocycles. The number of fused-ring (bicyclic) bond motifs is 1. The van der Waals surface area contributed by atoms with Crippen molar-refractivity contribution in [1.82, 2.24) is 19.3 Å². The number of benzene rings is 1. The number of hydrogen-bond acceptors (Lipinski definition) is 6. The van der Waals surface area contributed by atoms with Gasteiger partial charge < -0.3 is 10.3 Å². The minimum atomic E-state index is -0.0795. The minimum absolute atomic E-state index is 0.0795. The molecule has 3 aromatic rings. The number of aromatic nitrogens is 4. The highest BCUT2D eigenvalue weighted by Gasteiger charge is 2.14. The highest BCUT2D eigenvalue weighted by molar-refractivity contribution is 8.00. The van der Waals surface area contributed by atoms with Gasteiger partial charge in [-0.1, -0.05) is 12.1 Å². The van der Waals surface area contributed by atoms with Crippen LogP contribution >= 0.6 is 23.3 Å². The lowest BCUT2D eigenvalue weighted by Crippen LogP contribution is -2.14. The maximum absolute atomic E-state index is 11.9. The summed E-state index contributed by atoms with van der Waals surface area (Å²) in [6.07, 6.45) is 0. The fourth-order valence-corrected chi connectivity index (χ4v) is 3.28. The number of anilines is 1. The van der Waals surface area contributed by atoms with E-state index in [1.807, 2.05) is 31.2 Å². The number of rotatable bonds is 5. The van der Waals surface area contributed by atoms with Crippen LogP contribution in [0.4, 0.5) is 5.13 Å². The molecule has 22 heavy (non-hydrogen) atoms. The third-order valence-corrected chi connectivity index (χ3v) is 4.91. The largest absolute Gasteiger partial charge is 0.341 e. The number of amides is 1. The summed E-state index contributed by atoms with van der Waals surface area (Å²) in [4.78, 5) is 23.9. The van der Waals surface area contributed by atoms with Gasteiger partial charge in [-0.15, -0.1) is 11.8 Å². The number of nitrogens with one attached hydrogen (secondary N) is 2. The molecule has 1 unspecified atom stereocenters. The number of para-hydroxylation sites is 2. The number of nitrogens with zero attached hydrogens (tertiary/aromatic N) is 3. The van der Waals surface area contributed by atoms with Crippen LogP contribution in [0.1, 0.15) is 23.8 Å². The molecule has 0 aliphatic carbocycles. The van der Waals surface area contributed by atoms with Crippen LogP contribution in [0.3, 0.4) is 0 Å². The molecule has 8 heteroatoms. The van der Waals surface area contributed by atoms with Crippen molar-refractivity contribution in [2.45, 2.75) is 19.1 Å². The van der Waals surface area contributed by atoms with Gasteiger partial charge in [0.1, 0.15) is 11.6 Å². The van der Waals surface area contributed by atoms with Gasteiger partial charge in [0, 0.05) is 11.5 Å². The molecule has 1 aromatic carbocycles. The Morgan fingerprint density at radius 2 is 2.23 bits per heavy atom. The Bertz CT molecular complexity index is 764. The summed E-state index contributed by atoms with van der Waals surface area (Å²) >= 11 is 2.72. The maximum atomic E-state index is 11.9. The average molecular weight is 333 g/mol. The van der Waals surface area contributed by atoms with Gasteiger partial charge in [-0.2, -0.15) is 4.37 Å². The van der Waals surface area contributed by atoms with Crippen molar-refractivity contribution in [2.75, 3.05) is 11.1 Å². The van der Waals surface area contributed by atoms with E-state index in [0.717, 1.165) is 16.9 Å². The lowest BCUT2D eigenvalue weighted by molar-refractivity contribution is -0.113. The van der Waals surface area contributed by atoms with Crippen molar-refractivity contribution in [1.29, 1.82) is 0 Å². The molecule has 0 radical (unpaired) electrons. The zero-order valence-electron chi connectivity index (χ0n) is 12.2. The molecule has 2 N–H and O–H groups in total. The number of imidazole rings is 1. The third kappa shape index (κ3) is 3.45. The van der Waals surface area contributed by atoms with E-state index in [1.54, 1.807) is 6.92 Å². The van der Waals surface area contributed by atoms with E-state index in [2.05, 4.69) is 24.6 Å². The topological polar surface area (TPSA) is 83.6 Å². The van der Waals surface area contributed by atoms with Gasteiger partial charge in [0.25, 0.3) is 0 Å². The zero-order valence-corrected chi connectivity index (χ0v) is 13.8. The average Bonchev–Trinajstić information content (AvgIpc) is 3.10. The van der Waals surface area contributed by atoms with Crippen molar-refractivity contribution in [2.24, 2.45) is 0 Å². The fraction of sp³-hybridized carbons (Fsp3) is 0.286. The van der Waals surface area contributed by atoms with Crippen molar-refractivity contribution < 1.29 is 4.79 Å². The molecule has 114 valence electrons. The summed E-state index contributed by atoms with van der Waals surface area (Å²) in [6, 6.07) is 7.90. The molecule has 0 spiro atoms. The Morgan fingerprint density at radius 1 is 1.41 bits per heavy atom. The standard InChI is InChI=1S/C14H15N5OS2/c1-8(13-16-10-5-3-4-6-11(10)17-13)21-7-12(20)18-14-15-9(2)19-22-14/h3-6,8H,7H2,1-2H3,(H,16,17)(H,15,18,19,20). The number of H-pyrrole nitrogens is 1. The molecular weight excluding hydrogens is 318 g/mol. The molecule has 2 heterocycles. The molecule has 0 aliphatic heterocycles. The number of carbonyl (C=O) groups excluding carboxylic acids is 1. The summed E-state index contributed by atoms with van der Waals surface area (Å²) in [5.41, 5.74) is 1.96. The summed E-state index contributed by atoms with van der Waals surface area (Å²) < 4.78 is 4.03. The van der Waals surface area contributed by atoms with E-state index < -0.39 is 0 Å². The summed E-state index contributed by atoms with van der Waals surface area (Å²) in [5.74, 6) is 1.81. The van der Waals surface area contributed by atoms with Gasteiger partial charge in [0.05, 0.1) is 22.0 Å². The van der Waals surface area contributed by atoms with E-state index in [-0.39, 0.29) is 11.2 Å². The predicted octanol–water partition coefficient (Wildman–Crippen LogP) is 3.16. The highest BCUT2D eigenvalue weighted by Crippen LogP contribution is 2.27. The quantitative estimate of drug-likeness (QED) is 0.749. The second kappa shape index (κ2) is 6.45. The Morgan fingerprint density at radius 3 is 2.95 bits per heavy atom. The highest BCUT2D eigenvalue weighted by atomic mass is 32.2. The first-order valence-corrected chi connectivity index (χ1v) is 8.60. The Hall–Kier alpha value is -1.93. The van der Waals surface area contributed by atoms with Crippen LogP contribution in [0.25, 0.3) is 11.0 Å². The van der Waals surface area contributed by atoms with Crippen LogP contribution in [-0.2, 0) is 4.79 Å². The van der Waals surface area contributed by atoms with E-state index in [4.69, 9.17) is 0 Å². The van der Waals surface area contributed by atoms with Gasteiger partial charge in [-0.3, -0.25) is 4.79 Å². The Labute approximate surface area is 135 Å². The minimum Gasteiger partial charge on any atom is -0.341 e. The molecule has 0 saturated heterocycles. The van der Waals surface area contributed by atoms with E-state index in [9.17, 15) is 4.79 Å². The molecule has 6 nitrogen and oxygen atoms in total.